The number of nitrogens with zero attached hydrogens (tertiary/aromatic N) is 2. The molecular formula is C16H28BrN3S. The highest BCUT2D eigenvalue weighted by Crippen LogP contribution is 2.25. The summed E-state index contributed by atoms with van der Waals surface area (Å²) in [6.45, 7) is 12.8. The van der Waals surface area contributed by atoms with Crippen LogP contribution in [-0.2, 0) is 0 Å². The van der Waals surface area contributed by atoms with Gasteiger partial charge in [-0.1, -0.05) is 13.8 Å². The van der Waals surface area contributed by atoms with Gasteiger partial charge in [0, 0.05) is 59.5 Å². The van der Waals surface area contributed by atoms with Gasteiger partial charge in [-0.3, -0.25) is 4.90 Å². The quantitative estimate of drug-likeness (QED) is 0.823. The van der Waals surface area contributed by atoms with Crippen molar-refractivity contribution in [3.63, 3.8) is 0 Å². The minimum absolute atomic E-state index is 0.426. The Labute approximate surface area is 141 Å². The third kappa shape index (κ3) is 5.03. The monoisotopic (exact) mass is 373 g/mol. The van der Waals surface area contributed by atoms with Crippen molar-refractivity contribution in [1.29, 1.82) is 0 Å². The van der Waals surface area contributed by atoms with Crippen molar-refractivity contribution >= 4 is 27.3 Å². The van der Waals surface area contributed by atoms with Gasteiger partial charge in [0.15, 0.2) is 0 Å². The van der Waals surface area contributed by atoms with Crippen molar-refractivity contribution in [2.45, 2.75) is 32.9 Å². The molecule has 21 heavy (non-hydrogen) atoms. The Morgan fingerprint density at radius 2 is 1.90 bits per heavy atom. The van der Waals surface area contributed by atoms with E-state index in [0.717, 1.165) is 6.54 Å². The third-order valence-corrected chi connectivity index (χ3v) is 6.30. The Morgan fingerprint density at radius 3 is 2.43 bits per heavy atom. The lowest BCUT2D eigenvalue weighted by Crippen LogP contribution is -2.53. The predicted octanol–water partition coefficient (Wildman–Crippen LogP) is 3.43. The summed E-state index contributed by atoms with van der Waals surface area (Å²) in [4.78, 5) is 6.49. The topological polar surface area (TPSA) is 18.5 Å². The van der Waals surface area contributed by atoms with Gasteiger partial charge in [-0.15, -0.1) is 11.3 Å². The second-order valence-electron chi connectivity index (χ2n) is 6.45. The summed E-state index contributed by atoms with van der Waals surface area (Å²) in [6.07, 6.45) is 0. The van der Waals surface area contributed by atoms with Gasteiger partial charge in [-0.2, -0.15) is 0 Å². The van der Waals surface area contributed by atoms with Gasteiger partial charge in [0.1, 0.15) is 0 Å². The number of halogens is 1. The number of hydrogen-bond donors (Lipinski definition) is 1. The molecule has 1 saturated heterocycles. The van der Waals surface area contributed by atoms with Gasteiger partial charge < -0.3 is 10.2 Å². The van der Waals surface area contributed by atoms with Crippen LogP contribution in [0.4, 0.5) is 0 Å². The van der Waals surface area contributed by atoms with Crippen molar-refractivity contribution in [3.8, 4) is 0 Å². The van der Waals surface area contributed by atoms with Crippen LogP contribution in [0.3, 0.4) is 0 Å². The molecule has 0 saturated carbocycles. The van der Waals surface area contributed by atoms with E-state index in [2.05, 4.69) is 70.3 Å². The summed E-state index contributed by atoms with van der Waals surface area (Å²) < 4.78 is 1.19. The molecule has 0 aliphatic carbocycles. The highest BCUT2D eigenvalue weighted by Gasteiger charge is 2.25. The first-order valence-corrected chi connectivity index (χ1v) is 9.54. The second-order valence-corrected chi connectivity index (χ2v) is 8.31. The molecule has 2 rings (SSSR count). The minimum atomic E-state index is 0.426. The van der Waals surface area contributed by atoms with E-state index in [1.807, 2.05) is 11.3 Å². The summed E-state index contributed by atoms with van der Waals surface area (Å²) in [5.74, 6) is 0.683. The van der Waals surface area contributed by atoms with Gasteiger partial charge in [0.25, 0.3) is 0 Å². The van der Waals surface area contributed by atoms with Gasteiger partial charge >= 0.3 is 0 Å². The first-order chi connectivity index (χ1) is 9.97. The van der Waals surface area contributed by atoms with Gasteiger partial charge in [0.05, 0.1) is 0 Å². The lowest BCUT2D eigenvalue weighted by molar-refractivity contribution is 0.0864. The molecule has 2 heterocycles. The maximum atomic E-state index is 3.74. The Balaban J connectivity index is 1.88. The van der Waals surface area contributed by atoms with Crippen LogP contribution in [0.2, 0.25) is 0 Å². The molecular weight excluding hydrogens is 346 g/mol. The standard InChI is InChI=1S/C16H28BrN3S/c1-12(2)15(20-7-5-19(4)6-8-20)10-18-13(3)16-9-14(17)11-21-16/h9,11-13,15,18H,5-8,10H2,1-4H3. The Hall–Kier alpha value is 0.0600. The maximum Gasteiger partial charge on any atom is 0.0387 e. The molecule has 0 aromatic carbocycles. The Kier molecular flexibility index (Phi) is 6.69. The van der Waals surface area contributed by atoms with Gasteiger partial charge in [-0.25, -0.2) is 0 Å². The molecule has 1 aromatic heterocycles. The van der Waals surface area contributed by atoms with Crippen molar-refractivity contribution < 1.29 is 0 Å². The number of rotatable bonds is 6. The van der Waals surface area contributed by atoms with E-state index in [4.69, 9.17) is 0 Å². The second kappa shape index (κ2) is 8.06. The van der Waals surface area contributed by atoms with Crippen LogP contribution in [0.15, 0.2) is 15.9 Å². The zero-order valence-electron chi connectivity index (χ0n) is 13.6. The summed E-state index contributed by atoms with van der Waals surface area (Å²) in [6, 6.07) is 3.28. The number of thiophene rings is 1. The molecule has 0 amide bonds. The van der Waals surface area contributed by atoms with Gasteiger partial charge in [-0.05, 0) is 41.9 Å². The molecule has 0 spiro atoms. The number of hydrogen-bond acceptors (Lipinski definition) is 4. The van der Waals surface area contributed by atoms with Crippen LogP contribution in [0.5, 0.6) is 0 Å². The third-order valence-electron chi connectivity index (χ3n) is 4.42. The van der Waals surface area contributed by atoms with Crippen molar-refractivity contribution in [3.05, 3.63) is 20.8 Å². The summed E-state index contributed by atoms with van der Waals surface area (Å²) in [5, 5.41) is 5.90. The number of nitrogens with one attached hydrogen (secondary N) is 1. The van der Waals surface area contributed by atoms with E-state index >= 15 is 0 Å². The highest BCUT2D eigenvalue weighted by molar-refractivity contribution is 9.10. The fourth-order valence-corrected chi connectivity index (χ4v) is 4.37. The number of likely N-dealkylation sites (N-methyl/N-ethyl adjacent to an activating group) is 1. The molecule has 0 radical (unpaired) electrons. The zero-order chi connectivity index (χ0) is 15.4. The van der Waals surface area contributed by atoms with Crippen molar-refractivity contribution in [2.75, 3.05) is 39.8 Å². The van der Waals surface area contributed by atoms with Gasteiger partial charge in [0.2, 0.25) is 0 Å². The minimum Gasteiger partial charge on any atom is -0.308 e. The van der Waals surface area contributed by atoms with E-state index in [-0.39, 0.29) is 0 Å². The largest absolute Gasteiger partial charge is 0.308 e. The first-order valence-electron chi connectivity index (χ1n) is 7.87. The van der Waals surface area contributed by atoms with Crippen molar-refractivity contribution in [1.82, 2.24) is 15.1 Å². The summed E-state index contributed by atoms with van der Waals surface area (Å²) >= 11 is 5.37. The molecule has 120 valence electrons. The van der Waals surface area contributed by atoms with Crippen LogP contribution >= 0.6 is 27.3 Å². The molecule has 1 aliphatic rings. The van der Waals surface area contributed by atoms with Crippen LogP contribution < -0.4 is 5.32 Å². The van der Waals surface area contributed by atoms with E-state index in [9.17, 15) is 0 Å². The molecule has 1 aliphatic heterocycles. The average molecular weight is 374 g/mol. The number of piperazine rings is 1. The molecule has 1 N–H and O–H groups in total. The van der Waals surface area contributed by atoms with Crippen LogP contribution in [0, 0.1) is 5.92 Å². The average Bonchev–Trinajstić information content (AvgIpc) is 2.87. The molecule has 1 fully saturated rings. The predicted molar refractivity (Wildman–Crippen MR) is 96.1 cm³/mol. The lowest BCUT2D eigenvalue weighted by Gasteiger charge is -2.40. The van der Waals surface area contributed by atoms with E-state index < -0.39 is 0 Å². The zero-order valence-corrected chi connectivity index (χ0v) is 16.0. The normalized spacial score (nSPS) is 20.9. The molecule has 2 atom stereocenters. The molecule has 1 aromatic rings. The Bertz CT molecular complexity index is 427. The van der Waals surface area contributed by atoms with Crippen LogP contribution in [-0.4, -0.2) is 55.6 Å². The Morgan fingerprint density at radius 1 is 1.24 bits per heavy atom. The van der Waals surface area contributed by atoms with E-state index in [0.29, 0.717) is 18.0 Å². The summed E-state index contributed by atoms with van der Waals surface area (Å²) in [7, 11) is 2.22. The highest BCUT2D eigenvalue weighted by atomic mass is 79.9. The molecule has 2 unspecified atom stereocenters. The van der Waals surface area contributed by atoms with Crippen LogP contribution in [0.25, 0.3) is 0 Å². The first kappa shape index (κ1) is 17.4. The molecule has 0 bridgehead atoms. The summed E-state index contributed by atoms with van der Waals surface area (Å²) in [5.41, 5.74) is 0. The maximum absolute atomic E-state index is 3.74. The fourth-order valence-electron chi connectivity index (χ4n) is 2.89. The smallest absolute Gasteiger partial charge is 0.0387 e. The molecule has 5 heteroatoms. The van der Waals surface area contributed by atoms with E-state index in [1.54, 1.807) is 0 Å². The molecule has 3 nitrogen and oxygen atoms in total. The fraction of sp³-hybridized carbons (Fsp3) is 0.750. The van der Waals surface area contributed by atoms with Crippen molar-refractivity contribution in [2.24, 2.45) is 5.92 Å². The van der Waals surface area contributed by atoms with E-state index in [1.165, 1.54) is 35.5 Å². The van der Waals surface area contributed by atoms with Crippen LogP contribution in [0.1, 0.15) is 31.7 Å². The lowest BCUT2D eigenvalue weighted by atomic mass is 10.0. The SMILES string of the molecule is CC(NCC(C(C)C)N1CCN(C)CC1)c1cc(Br)cs1.